The first kappa shape index (κ1) is 24.4. The molecule has 1 amide bonds. The van der Waals surface area contributed by atoms with Gasteiger partial charge in [0.25, 0.3) is 5.91 Å². The van der Waals surface area contributed by atoms with E-state index in [2.05, 4.69) is 20.5 Å². The molecule has 0 saturated heterocycles. The highest BCUT2D eigenvalue weighted by molar-refractivity contribution is 6.01. The van der Waals surface area contributed by atoms with Gasteiger partial charge in [0.2, 0.25) is 0 Å². The monoisotopic (exact) mass is 501 g/mol. The van der Waals surface area contributed by atoms with Gasteiger partial charge in [0.15, 0.2) is 5.65 Å². The first-order valence-electron chi connectivity index (χ1n) is 12.2. The maximum atomic E-state index is 15.6. The normalized spacial score (nSPS) is 14.1. The molecule has 8 nitrogen and oxygen atoms in total. The average molecular weight is 502 g/mol. The topological polar surface area (TPSA) is 100 Å². The second kappa shape index (κ2) is 10.0. The van der Waals surface area contributed by atoms with E-state index in [1.807, 2.05) is 30.3 Å². The van der Waals surface area contributed by atoms with Crippen LogP contribution in [0.15, 0.2) is 48.7 Å². The second-order valence-electron chi connectivity index (χ2n) is 9.43. The minimum Gasteiger partial charge on any atom is -0.496 e. The van der Waals surface area contributed by atoms with Gasteiger partial charge in [-0.1, -0.05) is 12.1 Å². The van der Waals surface area contributed by atoms with E-state index in [-0.39, 0.29) is 29.0 Å². The Morgan fingerprint density at radius 2 is 1.89 bits per heavy atom. The number of Topliss-reactive ketones (excluding diaryl/α,β-unsaturated/α-hetero) is 1. The van der Waals surface area contributed by atoms with Crippen molar-refractivity contribution < 1.29 is 18.7 Å². The summed E-state index contributed by atoms with van der Waals surface area (Å²) < 4.78 is 21.1. The average Bonchev–Trinajstić information content (AvgIpc) is 3.33. The van der Waals surface area contributed by atoms with Gasteiger partial charge in [-0.2, -0.15) is 5.10 Å². The number of methoxy groups -OCH3 is 1. The number of rotatable bonds is 6. The van der Waals surface area contributed by atoms with Gasteiger partial charge < -0.3 is 15.0 Å². The van der Waals surface area contributed by atoms with Crippen LogP contribution in [0.25, 0.3) is 33.4 Å². The van der Waals surface area contributed by atoms with Crippen LogP contribution in [0, 0.1) is 5.82 Å². The molecule has 4 aromatic rings. The van der Waals surface area contributed by atoms with E-state index in [1.54, 1.807) is 33.5 Å². The molecule has 1 aliphatic rings. The molecule has 0 unspecified atom stereocenters. The van der Waals surface area contributed by atoms with E-state index in [0.29, 0.717) is 53.9 Å². The summed E-state index contributed by atoms with van der Waals surface area (Å²) in [6, 6.07) is 12.5. The fraction of sp³-hybridized carbons (Fsp3) is 0.286. The number of anilines is 1. The van der Waals surface area contributed by atoms with Crippen LogP contribution < -0.4 is 10.1 Å². The molecule has 2 heterocycles. The predicted octanol–water partition coefficient (Wildman–Crippen LogP) is 5.07. The molecule has 0 spiro atoms. The minimum absolute atomic E-state index is 0.0703. The molecule has 1 fully saturated rings. The predicted molar refractivity (Wildman–Crippen MR) is 140 cm³/mol. The summed E-state index contributed by atoms with van der Waals surface area (Å²) in [6.07, 6.45) is 3.77. The second-order valence-corrected chi connectivity index (χ2v) is 9.43. The van der Waals surface area contributed by atoms with Gasteiger partial charge in [0.05, 0.1) is 18.4 Å². The Morgan fingerprint density at radius 3 is 2.62 bits per heavy atom. The minimum atomic E-state index is -0.531. The van der Waals surface area contributed by atoms with Gasteiger partial charge in [-0.15, -0.1) is 0 Å². The third kappa shape index (κ3) is 4.76. The van der Waals surface area contributed by atoms with Crippen LogP contribution in [0.2, 0.25) is 0 Å². The van der Waals surface area contributed by atoms with Crippen molar-refractivity contribution in [2.45, 2.75) is 31.7 Å². The van der Waals surface area contributed by atoms with E-state index in [9.17, 15) is 9.59 Å². The third-order valence-corrected chi connectivity index (χ3v) is 6.73. The number of aromatic nitrogens is 3. The molecule has 9 heteroatoms. The summed E-state index contributed by atoms with van der Waals surface area (Å²) in [5.74, 6) is 0.0400. The Bertz CT molecular complexity index is 1490. The van der Waals surface area contributed by atoms with Gasteiger partial charge in [-0.25, -0.2) is 9.37 Å². The molecule has 2 N–H and O–H groups in total. The Kier molecular flexibility index (Phi) is 6.60. The van der Waals surface area contributed by atoms with Crippen LogP contribution >= 0.6 is 0 Å². The van der Waals surface area contributed by atoms with Gasteiger partial charge >= 0.3 is 0 Å². The number of para-hydroxylation sites is 1. The summed E-state index contributed by atoms with van der Waals surface area (Å²) in [6.45, 7) is 0. The number of H-pyrrole nitrogens is 1. The molecule has 0 atom stereocenters. The van der Waals surface area contributed by atoms with Crippen molar-refractivity contribution in [3.8, 4) is 28.1 Å². The number of nitrogens with zero attached hydrogens (tertiary/aromatic N) is 3. The van der Waals surface area contributed by atoms with Crippen LogP contribution in [0.5, 0.6) is 5.75 Å². The van der Waals surface area contributed by atoms with E-state index in [4.69, 9.17) is 4.74 Å². The van der Waals surface area contributed by atoms with Crippen molar-refractivity contribution in [2.24, 2.45) is 0 Å². The standard InChI is InChI=1S/C28H28FN5O3/c1-34(2)28(36)22-12-16(14-23(29)26(22)31-18-8-10-19(35)11-9-18)17-13-21-25(32-33-27(21)30-15-17)20-6-4-5-7-24(20)37-3/h4-7,12-15,18,31H,8-11H2,1-3H3,(H,30,32,33). The summed E-state index contributed by atoms with van der Waals surface area (Å²) in [5, 5.41) is 11.3. The summed E-state index contributed by atoms with van der Waals surface area (Å²) in [4.78, 5) is 30.7. The fourth-order valence-electron chi connectivity index (χ4n) is 4.72. The lowest BCUT2D eigenvalue weighted by Crippen LogP contribution is -2.29. The van der Waals surface area contributed by atoms with Gasteiger partial charge in [0, 0.05) is 55.7 Å². The highest BCUT2D eigenvalue weighted by Crippen LogP contribution is 2.36. The number of pyridine rings is 1. The number of carbonyl (C=O) groups excluding carboxylic acids is 2. The van der Waals surface area contributed by atoms with Crippen molar-refractivity contribution >= 4 is 28.4 Å². The van der Waals surface area contributed by atoms with Crippen LogP contribution in [0.1, 0.15) is 36.0 Å². The molecule has 37 heavy (non-hydrogen) atoms. The van der Waals surface area contributed by atoms with Crippen LogP contribution in [0.3, 0.4) is 0 Å². The van der Waals surface area contributed by atoms with Crippen LogP contribution in [-0.4, -0.2) is 59.0 Å². The molecular formula is C28H28FN5O3. The zero-order chi connectivity index (χ0) is 26.1. The number of amides is 1. The number of carbonyl (C=O) groups is 2. The van der Waals surface area contributed by atoms with Crippen molar-refractivity contribution in [2.75, 3.05) is 26.5 Å². The lowest BCUT2D eigenvalue weighted by molar-refractivity contribution is -0.120. The molecule has 2 aromatic heterocycles. The Labute approximate surface area is 213 Å². The number of ether oxygens (including phenoxy) is 1. The maximum Gasteiger partial charge on any atom is 0.255 e. The number of nitrogens with one attached hydrogen (secondary N) is 2. The number of hydrogen-bond donors (Lipinski definition) is 2. The molecule has 5 rings (SSSR count). The van der Waals surface area contributed by atoms with Gasteiger partial charge in [-0.05, 0) is 48.7 Å². The van der Waals surface area contributed by atoms with Crippen LogP contribution in [-0.2, 0) is 4.79 Å². The zero-order valence-corrected chi connectivity index (χ0v) is 21.0. The number of hydrogen-bond acceptors (Lipinski definition) is 6. The summed E-state index contributed by atoms with van der Waals surface area (Å²) in [5.41, 5.74) is 3.61. The van der Waals surface area contributed by atoms with Crippen LogP contribution in [0.4, 0.5) is 10.1 Å². The van der Waals surface area contributed by atoms with Crippen molar-refractivity contribution in [3.05, 3.63) is 60.0 Å². The molecule has 190 valence electrons. The van der Waals surface area contributed by atoms with Crippen molar-refractivity contribution in [3.63, 3.8) is 0 Å². The van der Waals surface area contributed by atoms with E-state index in [0.717, 1.165) is 10.9 Å². The SMILES string of the molecule is COc1ccccc1-c1n[nH]c2ncc(-c3cc(F)c(NC4CCC(=O)CC4)c(C(=O)N(C)C)c3)cc12. The molecule has 2 aromatic carbocycles. The van der Waals surface area contributed by atoms with Gasteiger partial charge in [0.1, 0.15) is 23.0 Å². The summed E-state index contributed by atoms with van der Waals surface area (Å²) >= 11 is 0. The highest BCUT2D eigenvalue weighted by atomic mass is 19.1. The Morgan fingerprint density at radius 1 is 1.14 bits per heavy atom. The van der Waals surface area contributed by atoms with Crippen molar-refractivity contribution in [1.82, 2.24) is 20.1 Å². The van der Waals surface area contributed by atoms with E-state index < -0.39 is 5.82 Å². The third-order valence-electron chi connectivity index (χ3n) is 6.73. The molecular weight excluding hydrogens is 473 g/mol. The number of aromatic amines is 1. The van der Waals surface area contributed by atoms with Crippen molar-refractivity contribution in [1.29, 1.82) is 0 Å². The lowest BCUT2D eigenvalue weighted by atomic mass is 9.93. The first-order valence-corrected chi connectivity index (χ1v) is 12.2. The number of fused-ring (bicyclic) bond motifs is 1. The summed E-state index contributed by atoms with van der Waals surface area (Å²) in [7, 11) is 4.87. The molecule has 1 saturated carbocycles. The maximum absolute atomic E-state index is 15.6. The Hall–Kier alpha value is -4.27. The van der Waals surface area contributed by atoms with E-state index in [1.165, 1.54) is 11.0 Å². The fourth-order valence-corrected chi connectivity index (χ4v) is 4.72. The molecule has 1 aliphatic carbocycles. The smallest absolute Gasteiger partial charge is 0.255 e. The Balaban J connectivity index is 1.58. The molecule has 0 aliphatic heterocycles. The number of ketones is 1. The van der Waals surface area contributed by atoms with E-state index >= 15 is 4.39 Å². The first-order chi connectivity index (χ1) is 17.9. The largest absolute Gasteiger partial charge is 0.496 e. The number of benzene rings is 2. The van der Waals surface area contributed by atoms with Gasteiger partial charge in [-0.3, -0.25) is 14.7 Å². The lowest BCUT2D eigenvalue weighted by Gasteiger charge is -2.25. The quantitative estimate of drug-likeness (QED) is 0.383. The molecule has 0 bridgehead atoms. The molecule has 0 radical (unpaired) electrons. The number of halogens is 1. The zero-order valence-electron chi connectivity index (χ0n) is 21.0. The highest BCUT2D eigenvalue weighted by Gasteiger charge is 2.25.